The van der Waals surface area contributed by atoms with E-state index in [1.165, 1.54) is 30.4 Å². The van der Waals surface area contributed by atoms with Crippen molar-refractivity contribution in [1.29, 1.82) is 0 Å². The molecule has 24 heavy (non-hydrogen) atoms. The third kappa shape index (κ3) is 3.95. The highest BCUT2D eigenvalue weighted by molar-refractivity contribution is 7.15. The van der Waals surface area contributed by atoms with Crippen molar-refractivity contribution in [2.45, 2.75) is 19.9 Å². The van der Waals surface area contributed by atoms with Gasteiger partial charge in [-0.2, -0.15) is 0 Å². The molecule has 2 heterocycles. The first kappa shape index (κ1) is 16.5. The van der Waals surface area contributed by atoms with Crippen LogP contribution in [0, 0.1) is 5.82 Å². The lowest BCUT2D eigenvalue weighted by molar-refractivity contribution is -0.117. The van der Waals surface area contributed by atoms with Crippen molar-refractivity contribution in [2.24, 2.45) is 0 Å². The van der Waals surface area contributed by atoms with Crippen LogP contribution in [0.15, 0.2) is 24.3 Å². The summed E-state index contributed by atoms with van der Waals surface area (Å²) in [5.41, 5.74) is 1.15. The number of amides is 2. The lowest BCUT2D eigenvalue weighted by atomic mass is 10.2. The number of carbonyl (C=O) groups is 2. The molecular weight excluding hydrogens is 331 g/mol. The molecule has 8 heteroatoms. The van der Waals surface area contributed by atoms with Gasteiger partial charge in [0.2, 0.25) is 11.8 Å². The standard InChI is InChI=1S/C16H17FN4O2S/c1-10(22)18-16-20-13-6-7-21(8-14(13)24-16)9-15(23)19-12-5-3-2-4-11(12)17/h2-5H,6-9H2,1H3,(H,19,23)(H,18,20,22). The van der Waals surface area contributed by atoms with Crippen molar-refractivity contribution in [3.8, 4) is 0 Å². The fourth-order valence-electron chi connectivity index (χ4n) is 2.54. The fourth-order valence-corrected chi connectivity index (χ4v) is 3.64. The first-order valence-electron chi connectivity index (χ1n) is 7.54. The number of fused-ring (bicyclic) bond motifs is 1. The Morgan fingerprint density at radius 1 is 1.33 bits per heavy atom. The van der Waals surface area contributed by atoms with E-state index in [1.54, 1.807) is 12.1 Å². The van der Waals surface area contributed by atoms with Gasteiger partial charge in [0.1, 0.15) is 5.82 Å². The third-order valence-corrected chi connectivity index (χ3v) is 4.61. The second-order valence-corrected chi connectivity index (χ2v) is 6.64. The molecule has 0 aliphatic carbocycles. The van der Waals surface area contributed by atoms with Crippen LogP contribution in [0.1, 0.15) is 17.5 Å². The number of anilines is 2. The van der Waals surface area contributed by atoms with E-state index in [4.69, 9.17) is 0 Å². The Hall–Kier alpha value is -2.32. The molecule has 3 rings (SSSR count). The first-order valence-corrected chi connectivity index (χ1v) is 8.36. The summed E-state index contributed by atoms with van der Waals surface area (Å²) in [4.78, 5) is 30.6. The molecule has 0 unspecified atom stereocenters. The maximum absolute atomic E-state index is 13.6. The number of rotatable bonds is 4. The zero-order valence-electron chi connectivity index (χ0n) is 13.1. The number of nitrogens with one attached hydrogen (secondary N) is 2. The number of benzene rings is 1. The Bertz CT molecular complexity index is 777. The van der Waals surface area contributed by atoms with Gasteiger partial charge in [0, 0.05) is 31.3 Å². The van der Waals surface area contributed by atoms with Gasteiger partial charge in [-0.15, -0.1) is 11.3 Å². The summed E-state index contributed by atoms with van der Waals surface area (Å²) < 4.78 is 13.6. The van der Waals surface area contributed by atoms with Crippen molar-refractivity contribution >= 4 is 34.0 Å². The van der Waals surface area contributed by atoms with Gasteiger partial charge in [-0.05, 0) is 12.1 Å². The number of para-hydroxylation sites is 1. The van der Waals surface area contributed by atoms with Crippen molar-refractivity contribution < 1.29 is 14.0 Å². The molecule has 0 bridgehead atoms. The van der Waals surface area contributed by atoms with E-state index in [9.17, 15) is 14.0 Å². The number of hydrogen-bond donors (Lipinski definition) is 2. The van der Waals surface area contributed by atoms with Gasteiger partial charge in [-0.25, -0.2) is 9.37 Å². The molecule has 1 aliphatic heterocycles. The average Bonchev–Trinajstić information content (AvgIpc) is 2.90. The second-order valence-electron chi connectivity index (χ2n) is 5.56. The molecule has 0 saturated carbocycles. The predicted octanol–water partition coefficient (Wildman–Crippen LogP) is 2.24. The fraction of sp³-hybridized carbons (Fsp3) is 0.312. The highest BCUT2D eigenvalue weighted by Gasteiger charge is 2.22. The Balaban J connectivity index is 1.59. The minimum Gasteiger partial charge on any atom is -0.322 e. The summed E-state index contributed by atoms with van der Waals surface area (Å²) in [5.74, 6) is -0.855. The topological polar surface area (TPSA) is 74.3 Å². The maximum Gasteiger partial charge on any atom is 0.238 e. The number of thiazole rings is 1. The summed E-state index contributed by atoms with van der Waals surface area (Å²) in [5, 5.41) is 5.86. The summed E-state index contributed by atoms with van der Waals surface area (Å²) in [6.07, 6.45) is 0.721. The Morgan fingerprint density at radius 3 is 2.88 bits per heavy atom. The molecule has 126 valence electrons. The summed E-state index contributed by atoms with van der Waals surface area (Å²) >= 11 is 1.42. The Labute approximate surface area is 142 Å². The van der Waals surface area contributed by atoms with Crippen LogP contribution in [-0.2, 0) is 22.6 Å². The van der Waals surface area contributed by atoms with Gasteiger partial charge in [-0.1, -0.05) is 12.1 Å². The van der Waals surface area contributed by atoms with Gasteiger partial charge < -0.3 is 10.6 Å². The van der Waals surface area contributed by atoms with Crippen LogP contribution in [0.3, 0.4) is 0 Å². The molecule has 0 radical (unpaired) electrons. The van der Waals surface area contributed by atoms with Crippen molar-refractivity contribution in [3.63, 3.8) is 0 Å². The molecule has 1 aliphatic rings. The summed E-state index contributed by atoms with van der Waals surface area (Å²) in [6.45, 7) is 2.92. The molecule has 2 aromatic rings. The van der Waals surface area contributed by atoms with Crippen LogP contribution in [-0.4, -0.2) is 34.8 Å². The number of halogens is 1. The maximum atomic E-state index is 13.6. The zero-order chi connectivity index (χ0) is 17.1. The van der Waals surface area contributed by atoms with Crippen LogP contribution in [0.4, 0.5) is 15.2 Å². The van der Waals surface area contributed by atoms with Crippen molar-refractivity contribution in [2.75, 3.05) is 23.7 Å². The van der Waals surface area contributed by atoms with E-state index in [2.05, 4.69) is 15.6 Å². The van der Waals surface area contributed by atoms with Gasteiger partial charge in [0.25, 0.3) is 0 Å². The van der Waals surface area contributed by atoms with E-state index in [-0.39, 0.29) is 24.0 Å². The van der Waals surface area contributed by atoms with Crippen molar-refractivity contribution in [3.05, 3.63) is 40.7 Å². The highest BCUT2D eigenvalue weighted by atomic mass is 32.1. The summed E-state index contributed by atoms with van der Waals surface area (Å²) in [7, 11) is 0. The molecule has 0 atom stereocenters. The number of aromatic nitrogens is 1. The largest absolute Gasteiger partial charge is 0.322 e. The second kappa shape index (κ2) is 7.06. The zero-order valence-corrected chi connectivity index (χ0v) is 14.0. The SMILES string of the molecule is CC(=O)Nc1nc2c(s1)CN(CC(=O)Nc1ccccc1F)CC2. The molecular formula is C16H17FN4O2S. The molecule has 0 saturated heterocycles. The van der Waals surface area contributed by atoms with Crippen LogP contribution < -0.4 is 10.6 Å². The van der Waals surface area contributed by atoms with Gasteiger partial charge in [0.05, 0.1) is 17.9 Å². The molecule has 2 amide bonds. The summed E-state index contributed by atoms with van der Waals surface area (Å²) in [6, 6.07) is 6.09. The predicted molar refractivity (Wildman–Crippen MR) is 90.4 cm³/mol. The monoisotopic (exact) mass is 348 g/mol. The number of nitrogens with zero attached hydrogens (tertiary/aromatic N) is 2. The molecule has 6 nitrogen and oxygen atoms in total. The Kier molecular flexibility index (Phi) is 4.86. The molecule has 0 fully saturated rings. The van der Waals surface area contributed by atoms with E-state index < -0.39 is 5.82 Å². The number of hydrogen-bond acceptors (Lipinski definition) is 5. The van der Waals surface area contributed by atoms with Crippen LogP contribution in [0.25, 0.3) is 0 Å². The van der Waals surface area contributed by atoms with Gasteiger partial charge in [-0.3, -0.25) is 14.5 Å². The highest BCUT2D eigenvalue weighted by Crippen LogP contribution is 2.28. The van der Waals surface area contributed by atoms with Crippen molar-refractivity contribution in [1.82, 2.24) is 9.88 Å². The average molecular weight is 348 g/mol. The van der Waals surface area contributed by atoms with Crippen LogP contribution >= 0.6 is 11.3 Å². The van der Waals surface area contributed by atoms with E-state index in [0.717, 1.165) is 17.0 Å². The van der Waals surface area contributed by atoms with Crippen LogP contribution in [0.5, 0.6) is 0 Å². The normalized spacial score (nSPS) is 14.1. The molecule has 1 aromatic heterocycles. The lowest BCUT2D eigenvalue weighted by Crippen LogP contribution is -2.36. The molecule has 1 aromatic carbocycles. The minimum atomic E-state index is -0.450. The van der Waals surface area contributed by atoms with E-state index in [1.807, 2.05) is 4.90 Å². The van der Waals surface area contributed by atoms with Gasteiger partial charge in [0.15, 0.2) is 5.13 Å². The number of carbonyl (C=O) groups excluding carboxylic acids is 2. The third-order valence-electron chi connectivity index (χ3n) is 3.61. The molecule has 0 spiro atoms. The first-order chi connectivity index (χ1) is 11.5. The van der Waals surface area contributed by atoms with E-state index >= 15 is 0 Å². The lowest BCUT2D eigenvalue weighted by Gasteiger charge is -2.25. The van der Waals surface area contributed by atoms with Gasteiger partial charge >= 0.3 is 0 Å². The van der Waals surface area contributed by atoms with E-state index in [0.29, 0.717) is 18.2 Å². The molecule has 2 N–H and O–H groups in total. The quantitative estimate of drug-likeness (QED) is 0.889. The smallest absolute Gasteiger partial charge is 0.238 e. The Morgan fingerprint density at radius 2 is 2.12 bits per heavy atom. The van der Waals surface area contributed by atoms with Crippen LogP contribution in [0.2, 0.25) is 0 Å². The minimum absolute atomic E-state index is 0.151.